The highest BCUT2D eigenvalue weighted by Crippen LogP contribution is 2.36. The molecule has 166 valence electrons. The number of nitrogens with zero attached hydrogens (tertiary/aromatic N) is 2. The predicted octanol–water partition coefficient (Wildman–Crippen LogP) is 3.95. The molecule has 2 saturated carbocycles. The molecular weight excluding hydrogens is 424 g/mol. The first kappa shape index (κ1) is 21.7. The molecule has 0 radical (unpaired) electrons. The third kappa shape index (κ3) is 4.71. The van der Waals surface area contributed by atoms with Gasteiger partial charge in [-0.2, -0.15) is 5.10 Å². The van der Waals surface area contributed by atoms with Crippen molar-refractivity contribution < 1.29 is 22.0 Å². The van der Waals surface area contributed by atoms with Gasteiger partial charge in [-0.1, -0.05) is 18.2 Å². The molecule has 3 atom stereocenters. The fraction of sp³-hybridized carbons (Fsp3) is 0.455. The average molecular weight is 450 g/mol. The fourth-order valence-electron chi connectivity index (χ4n) is 3.83. The molecule has 1 aromatic carbocycles. The van der Waals surface area contributed by atoms with Crippen LogP contribution in [0.15, 0.2) is 47.5 Å². The van der Waals surface area contributed by atoms with Crippen LogP contribution in [0.2, 0.25) is 0 Å². The van der Waals surface area contributed by atoms with Gasteiger partial charge in [0, 0.05) is 24.4 Å². The molecule has 1 heterocycles. The Morgan fingerprint density at radius 3 is 2.35 bits per heavy atom. The summed E-state index contributed by atoms with van der Waals surface area (Å²) in [5, 5.41) is 6.62. The quantitative estimate of drug-likeness (QED) is 0.649. The van der Waals surface area contributed by atoms with Crippen molar-refractivity contribution in [2.45, 2.75) is 61.6 Å². The maximum Gasteiger partial charge on any atom is 0.257 e. The van der Waals surface area contributed by atoms with Crippen LogP contribution in [0.1, 0.15) is 38.2 Å². The number of nitrogens with one attached hydrogen (secondary N) is 1. The molecule has 1 amide bonds. The Bertz CT molecular complexity index is 1080. The summed E-state index contributed by atoms with van der Waals surface area (Å²) < 4.78 is 53.9. The van der Waals surface area contributed by atoms with Gasteiger partial charge >= 0.3 is 0 Å². The minimum absolute atomic E-state index is 0.0105. The molecule has 6 nitrogen and oxygen atoms in total. The van der Waals surface area contributed by atoms with Crippen LogP contribution >= 0.6 is 0 Å². The Balaban J connectivity index is 1.62. The van der Waals surface area contributed by atoms with E-state index in [4.69, 9.17) is 0 Å². The van der Waals surface area contributed by atoms with Gasteiger partial charge in [-0.15, -0.1) is 0 Å². The van der Waals surface area contributed by atoms with Crippen molar-refractivity contribution >= 4 is 27.1 Å². The first-order valence-corrected chi connectivity index (χ1v) is 12.0. The van der Waals surface area contributed by atoms with E-state index in [2.05, 4.69) is 10.4 Å². The van der Waals surface area contributed by atoms with Crippen LogP contribution in [0, 0.1) is 5.92 Å². The van der Waals surface area contributed by atoms with Gasteiger partial charge in [0.25, 0.3) is 5.91 Å². The first-order valence-electron chi connectivity index (χ1n) is 10.5. The van der Waals surface area contributed by atoms with E-state index in [0.717, 1.165) is 0 Å². The Labute approximate surface area is 180 Å². The largest absolute Gasteiger partial charge is 0.305 e. The number of aryl methyl sites for hydroxylation is 1. The van der Waals surface area contributed by atoms with Gasteiger partial charge in [-0.25, -0.2) is 17.2 Å². The van der Waals surface area contributed by atoms with Gasteiger partial charge in [0.2, 0.25) is 0 Å². The summed E-state index contributed by atoms with van der Waals surface area (Å²) in [7, 11) is -3.35. The van der Waals surface area contributed by atoms with E-state index in [-0.39, 0.29) is 28.6 Å². The highest BCUT2D eigenvalue weighted by atomic mass is 32.2. The zero-order valence-corrected chi connectivity index (χ0v) is 18.0. The highest BCUT2D eigenvalue weighted by molar-refractivity contribution is 7.92. The van der Waals surface area contributed by atoms with Crippen LogP contribution in [0.25, 0.3) is 5.57 Å². The molecule has 2 aliphatic rings. The molecule has 0 bridgehead atoms. The van der Waals surface area contributed by atoms with E-state index in [9.17, 15) is 22.0 Å². The third-order valence-corrected chi connectivity index (χ3v) is 8.04. The number of allylic oxidation sites excluding steroid dienone is 1. The molecule has 4 rings (SSSR count). The summed E-state index contributed by atoms with van der Waals surface area (Å²) in [5.41, 5.74) is 0.729. The van der Waals surface area contributed by atoms with E-state index in [0.29, 0.717) is 30.8 Å². The minimum atomic E-state index is -3.35. The second kappa shape index (κ2) is 8.53. The Hall–Kier alpha value is -2.55. The van der Waals surface area contributed by atoms with Crippen LogP contribution in [-0.4, -0.2) is 41.7 Å². The maximum atomic E-state index is 13.7. The van der Waals surface area contributed by atoms with Crippen LogP contribution in [0.5, 0.6) is 0 Å². The van der Waals surface area contributed by atoms with Crippen molar-refractivity contribution in [2.24, 2.45) is 5.92 Å². The summed E-state index contributed by atoms with van der Waals surface area (Å²) >= 11 is 0. The number of sulfone groups is 1. The van der Waals surface area contributed by atoms with Gasteiger partial charge in [-0.05, 0) is 56.2 Å². The van der Waals surface area contributed by atoms with E-state index < -0.39 is 34.0 Å². The van der Waals surface area contributed by atoms with Crippen molar-refractivity contribution in [3.8, 4) is 0 Å². The van der Waals surface area contributed by atoms with Crippen LogP contribution < -0.4 is 5.32 Å². The fourth-order valence-corrected chi connectivity index (χ4v) is 5.48. The van der Waals surface area contributed by atoms with Gasteiger partial charge in [0.1, 0.15) is 12.3 Å². The molecular formula is C22H25F2N3O3S. The smallest absolute Gasteiger partial charge is 0.257 e. The number of alkyl halides is 2. The summed E-state index contributed by atoms with van der Waals surface area (Å²) in [6.45, 7) is 2.56. The number of aromatic nitrogens is 2. The summed E-state index contributed by atoms with van der Waals surface area (Å²) in [4.78, 5) is 13.2. The van der Waals surface area contributed by atoms with Gasteiger partial charge in [-0.3, -0.25) is 9.48 Å². The normalized spacial score (nSPS) is 24.4. The van der Waals surface area contributed by atoms with Crippen molar-refractivity contribution in [1.29, 1.82) is 0 Å². The topological polar surface area (TPSA) is 81.1 Å². The van der Waals surface area contributed by atoms with Gasteiger partial charge in [0.05, 0.1) is 10.1 Å². The Kier molecular flexibility index (Phi) is 5.96. The standard InChI is InChI=1S/C22H25F2N3O3S/c1-2-27-10-9-21(26-27)25-22(28)18(11-14-12-19(23)20(24)13-14)15-3-5-16(6-4-15)31(29,30)17-7-8-17/h3-6,9-11,14,17,19-20H,2,7-8,12-13H2,1H3,(H,25,26,28)/b18-11+/t14-,19+,20-. The molecule has 0 saturated heterocycles. The second-order valence-corrected chi connectivity index (χ2v) is 10.4. The molecule has 0 aliphatic heterocycles. The average Bonchev–Trinajstić information content (AvgIpc) is 3.45. The number of carbonyl (C=O) groups is 1. The van der Waals surface area contributed by atoms with Crippen molar-refractivity contribution in [1.82, 2.24) is 9.78 Å². The van der Waals surface area contributed by atoms with Crippen LogP contribution in [0.4, 0.5) is 14.6 Å². The lowest BCUT2D eigenvalue weighted by Gasteiger charge is -2.12. The van der Waals surface area contributed by atoms with Gasteiger partial charge in [0.15, 0.2) is 15.7 Å². The zero-order chi connectivity index (χ0) is 22.2. The van der Waals surface area contributed by atoms with E-state index >= 15 is 0 Å². The number of rotatable bonds is 7. The van der Waals surface area contributed by atoms with E-state index in [1.807, 2.05) is 6.92 Å². The molecule has 1 N–H and O–H groups in total. The Morgan fingerprint density at radius 1 is 1.16 bits per heavy atom. The second-order valence-electron chi connectivity index (χ2n) is 8.12. The molecule has 1 aromatic heterocycles. The van der Waals surface area contributed by atoms with Crippen LogP contribution in [-0.2, 0) is 21.2 Å². The monoisotopic (exact) mass is 449 g/mol. The number of benzene rings is 1. The molecule has 0 unspecified atom stereocenters. The summed E-state index contributed by atoms with van der Waals surface area (Å²) in [5.74, 6) is -0.519. The number of halogens is 2. The molecule has 2 aliphatic carbocycles. The number of carbonyl (C=O) groups excluding carboxylic acids is 1. The molecule has 0 spiro atoms. The van der Waals surface area contributed by atoms with Crippen molar-refractivity contribution in [2.75, 3.05) is 5.32 Å². The number of amides is 1. The Morgan fingerprint density at radius 2 is 1.81 bits per heavy atom. The molecule has 31 heavy (non-hydrogen) atoms. The SMILES string of the molecule is CCn1ccc(NC(=O)/C(=C/[C@H]2C[C@@H](F)[C@@H](F)C2)c2ccc(S(=O)(=O)C3CC3)cc2)n1. The van der Waals surface area contributed by atoms with Crippen molar-refractivity contribution in [3.63, 3.8) is 0 Å². The maximum absolute atomic E-state index is 13.7. The molecule has 9 heteroatoms. The predicted molar refractivity (Wildman–Crippen MR) is 114 cm³/mol. The minimum Gasteiger partial charge on any atom is -0.305 e. The van der Waals surface area contributed by atoms with Crippen LogP contribution in [0.3, 0.4) is 0 Å². The zero-order valence-electron chi connectivity index (χ0n) is 17.2. The number of anilines is 1. The number of hydrogen-bond donors (Lipinski definition) is 1. The number of hydrogen-bond acceptors (Lipinski definition) is 4. The van der Waals surface area contributed by atoms with Crippen molar-refractivity contribution in [3.05, 3.63) is 48.2 Å². The highest BCUT2D eigenvalue weighted by Gasteiger charge is 2.37. The lowest BCUT2D eigenvalue weighted by molar-refractivity contribution is -0.111. The van der Waals surface area contributed by atoms with Gasteiger partial charge < -0.3 is 5.32 Å². The first-order chi connectivity index (χ1) is 14.8. The summed E-state index contributed by atoms with van der Waals surface area (Å²) in [6, 6.07) is 7.77. The lowest BCUT2D eigenvalue weighted by Crippen LogP contribution is -2.16. The molecule has 2 aromatic rings. The third-order valence-electron chi connectivity index (χ3n) is 5.76. The lowest BCUT2D eigenvalue weighted by atomic mass is 9.98. The van der Waals surface area contributed by atoms with E-state index in [1.165, 1.54) is 12.1 Å². The molecule has 2 fully saturated rings. The summed E-state index contributed by atoms with van der Waals surface area (Å²) in [6.07, 6.45) is 1.58. The van der Waals surface area contributed by atoms with E-state index in [1.54, 1.807) is 35.2 Å².